The molecule has 0 radical (unpaired) electrons. The standard InChI is InChI=1S/C21H26ClN5O2/c1-25-14-16(13-23-25)19-6-2-3-11-27(19)21(29)24-18-12-15(7-8-17(18)22)20(28)26-9-4-5-10-26/h7-8,12-14,19H,2-6,9-11H2,1H3,(H,24,29). The third kappa shape index (κ3) is 4.24. The number of aryl methyl sites for hydroxylation is 1. The van der Waals surface area contributed by atoms with Crippen molar-refractivity contribution in [3.05, 3.63) is 46.7 Å². The first-order valence-corrected chi connectivity index (χ1v) is 10.6. The predicted octanol–water partition coefficient (Wildman–Crippen LogP) is 4.07. The summed E-state index contributed by atoms with van der Waals surface area (Å²) in [5, 5.41) is 7.60. The molecule has 7 nitrogen and oxygen atoms in total. The molecule has 2 aliphatic heterocycles. The Morgan fingerprint density at radius 1 is 1.14 bits per heavy atom. The van der Waals surface area contributed by atoms with Crippen LogP contribution in [0.15, 0.2) is 30.6 Å². The number of hydrogen-bond donors (Lipinski definition) is 1. The zero-order valence-electron chi connectivity index (χ0n) is 16.6. The number of rotatable bonds is 3. The molecule has 0 aliphatic carbocycles. The van der Waals surface area contributed by atoms with Gasteiger partial charge in [-0.1, -0.05) is 11.6 Å². The summed E-state index contributed by atoms with van der Waals surface area (Å²) in [5.41, 5.74) is 2.05. The minimum Gasteiger partial charge on any atom is -0.339 e. The zero-order valence-corrected chi connectivity index (χ0v) is 17.4. The molecule has 2 aromatic rings. The van der Waals surface area contributed by atoms with Gasteiger partial charge in [0.05, 0.1) is 22.9 Å². The van der Waals surface area contributed by atoms with Gasteiger partial charge in [-0.3, -0.25) is 9.48 Å². The fraction of sp³-hybridized carbons (Fsp3) is 0.476. The summed E-state index contributed by atoms with van der Waals surface area (Å²) in [5.74, 6) is -0.0131. The quantitative estimate of drug-likeness (QED) is 0.821. The Labute approximate surface area is 175 Å². The van der Waals surface area contributed by atoms with E-state index in [-0.39, 0.29) is 18.0 Å². The second-order valence-electron chi connectivity index (χ2n) is 7.78. The number of carbonyl (C=O) groups is 2. The van der Waals surface area contributed by atoms with Crippen molar-refractivity contribution < 1.29 is 9.59 Å². The molecule has 1 aromatic heterocycles. The monoisotopic (exact) mass is 415 g/mol. The van der Waals surface area contributed by atoms with Crippen molar-refractivity contribution >= 4 is 29.2 Å². The van der Waals surface area contributed by atoms with Crippen LogP contribution in [0.25, 0.3) is 0 Å². The van der Waals surface area contributed by atoms with Gasteiger partial charge in [0.15, 0.2) is 0 Å². The third-order valence-corrected chi connectivity index (χ3v) is 6.05. The van der Waals surface area contributed by atoms with Crippen LogP contribution in [0.4, 0.5) is 10.5 Å². The number of hydrogen-bond acceptors (Lipinski definition) is 3. The van der Waals surface area contributed by atoms with Crippen molar-refractivity contribution in [2.24, 2.45) is 7.05 Å². The largest absolute Gasteiger partial charge is 0.339 e. The molecule has 3 heterocycles. The van der Waals surface area contributed by atoms with E-state index in [4.69, 9.17) is 11.6 Å². The smallest absolute Gasteiger partial charge is 0.322 e. The van der Waals surface area contributed by atoms with Gasteiger partial charge in [-0.2, -0.15) is 5.10 Å². The molecule has 2 fully saturated rings. The van der Waals surface area contributed by atoms with Gasteiger partial charge in [-0.15, -0.1) is 0 Å². The molecular formula is C21H26ClN5O2. The Morgan fingerprint density at radius 2 is 1.90 bits per heavy atom. The van der Waals surface area contributed by atoms with Crippen LogP contribution in [0.3, 0.4) is 0 Å². The minimum atomic E-state index is -0.203. The van der Waals surface area contributed by atoms with E-state index in [2.05, 4.69) is 10.4 Å². The van der Waals surface area contributed by atoms with E-state index in [0.717, 1.165) is 50.8 Å². The van der Waals surface area contributed by atoms with Crippen molar-refractivity contribution in [2.75, 3.05) is 25.0 Å². The van der Waals surface area contributed by atoms with Gasteiger partial charge >= 0.3 is 6.03 Å². The summed E-state index contributed by atoms with van der Waals surface area (Å²) >= 11 is 6.33. The average molecular weight is 416 g/mol. The molecule has 2 aliphatic rings. The number of likely N-dealkylation sites (tertiary alicyclic amines) is 2. The van der Waals surface area contributed by atoms with Crippen LogP contribution in [0.5, 0.6) is 0 Å². The second-order valence-corrected chi connectivity index (χ2v) is 8.18. The molecule has 8 heteroatoms. The van der Waals surface area contributed by atoms with Crippen molar-refractivity contribution in [2.45, 2.75) is 38.1 Å². The molecular weight excluding hydrogens is 390 g/mol. The Kier molecular flexibility index (Phi) is 5.76. The predicted molar refractivity (Wildman–Crippen MR) is 112 cm³/mol. The highest BCUT2D eigenvalue weighted by atomic mass is 35.5. The first-order chi connectivity index (χ1) is 14.0. The van der Waals surface area contributed by atoms with E-state index >= 15 is 0 Å². The lowest BCUT2D eigenvalue weighted by atomic mass is 9.98. The summed E-state index contributed by atoms with van der Waals surface area (Å²) in [6.07, 6.45) is 8.79. The molecule has 2 saturated heterocycles. The van der Waals surface area contributed by atoms with Crippen molar-refractivity contribution in [3.63, 3.8) is 0 Å². The maximum absolute atomic E-state index is 13.1. The van der Waals surface area contributed by atoms with Gasteiger partial charge in [0, 0.05) is 44.0 Å². The van der Waals surface area contributed by atoms with Gasteiger partial charge in [0.1, 0.15) is 0 Å². The van der Waals surface area contributed by atoms with E-state index in [1.54, 1.807) is 22.9 Å². The van der Waals surface area contributed by atoms with Crippen molar-refractivity contribution in [3.8, 4) is 0 Å². The van der Waals surface area contributed by atoms with Crippen LogP contribution >= 0.6 is 11.6 Å². The highest BCUT2D eigenvalue weighted by molar-refractivity contribution is 6.33. The van der Waals surface area contributed by atoms with Crippen LogP contribution in [0, 0.1) is 0 Å². The van der Waals surface area contributed by atoms with E-state index in [9.17, 15) is 9.59 Å². The molecule has 29 heavy (non-hydrogen) atoms. The topological polar surface area (TPSA) is 70.5 Å². The molecule has 1 atom stereocenters. The number of piperidine rings is 1. The first kappa shape index (κ1) is 19.8. The Hall–Kier alpha value is -2.54. The van der Waals surface area contributed by atoms with Gasteiger partial charge in [0.25, 0.3) is 5.91 Å². The Balaban J connectivity index is 1.52. The summed E-state index contributed by atoms with van der Waals surface area (Å²) in [6.45, 7) is 2.24. The number of nitrogens with one attached hydrogen (secondary N) is 1. The van der Waals surface area contributed by atoms with Crippen molar-refractivity contribution in [1.29, 1.82) is 0 Å². The van der Waals surface area contributed by atoms with Crippen LogP contribution in [-0.2, 0) is 7.05 Å². The Morgan fingerprint density at radius 3 is 2.62 bits per heavy atom. The van der Waals surface area contributed by atoms with Gasteiger partial charge in [0.2, 0.25) is 0 Å². The van der Waals surface area contributed by atoms with Crippen LogP contribution < -0.4 is 5.32 Å². The maximum Gasteiger partial charge on any atom is 0.322 e. The first-order valence-electron chi connectivity index (χ1n) is 10.2. The highest BCUT2D eigenvalue weighted by Crippen LogP contribution is 2.32. The van der Waals surface area contributed by atoms with Gasteiger partial charge in [-0.25, -0.2) is 4.79 Å². The number of nitrogens with zero attached hydrogens (tertiary/aromatic N) is 4. The van der Waals surface area contributed by atoms with E-state index in [1.807, 2.05) is 29.2 Å². The molecule has 3 amide bonds. The number of halogens is 1. The summed E-state index contributed by atoms with van der Waals surface area (Å²) in [6, 6.07) is 4.87. The SMILES string of the molecule is Cn1cc(C2CCCCN2C(=O)Nc2cc(C(=O)N3CCCC3)ccc2Cl)cn1. The lowest BCUT2D eigenvalue weighted by Crippen LogP contribution is -2.41. The number of urea groups is 1. The molecule has 154 valence electrons. The third-order valence-electron chi connectivity index (χ3n) is 5.72. The fourth-order valence-electron chi connectivity index (χ4n) is 4.18. The molecule has 1 unspecified atom stereocenters. The van der Waals surface area contributed by atoms with E-state index in [1.165, 1.54) is 0 Å². The summed E-state index contributed by atoms with van der Waals surface area (Å²) in [7, 11) is 1.87. The van der Waals surface area contributed by atoms with Crippen LogP contribution in [0.2, 0.25) is 5.02 Å². The Bertz CT molecular complexity index is 906. The summed E-state index contributed by atoms with van der Waals surface area (Å²) < 4.78 is 1.75. The lowest BCUT2D eigenvalue weighted by molar-refractivity contribution is 0.0793. The highest BCUT2D eigenvalue weighted by Gasteiger charge is 2.29. The average Bonchev–Trinajstić information content (AvgIpc) is 3.41. The molecule has 1 aromatic carbocycles. The molecule has 1 N–H and O–H groups in total. The molecule has 4 rings (SSSR count). The second kappa shape index (κ2) is 8.45. The maximum atomic E-state index is 13.1. The fourth-order valence-corrected chi connectivity index (χ4v) is 4.34. The number of aromatic nitrogens is 2. The molecule has 0 saturated carbocycles. The normalized spacial score (nSPS) is 19.4. The van der Waals surface area contributed by atoms with E-state index < -0.39 is 0 Å². The van der Waals surface area contributed by atoms with Crippen LogP contribution in [0.1, 0.15) is 54.1 Å². The van der Waals surface area contributed by atoms with Crippen molar-refractivity contribution in [1.82, 2.24) is 19.6 Å². The zero-order chi connectivity index (χ0) is 20.4. The van der Waals surface area contributed by atoms with Gasteiger partial charge < -0.3 is 15.1 Å². The number of carbonyl (C=O) groups excluding carboxylic acids is 2. The number of benzene rings is 1. The van der Waals surface area contributed by atoms with Crippen LogP contribution in [-0.4, -0.2) is 51.2 Å². The number of anilines is 1. The lowest BCUT2D eigenvalue weighted by Gasteiger charge is -2.35. The minimum absolute atomic E-state index is 0.00867. The summed E-state index contributed by atoms with van der Waals surface area (Å²) in [4.78, 5) is 29.5. The molecule has 0 bridgehead atoms. The molecule has 0 spiro atoms. The number of amides is 3. The van der Waals surface area contributed by atoms with E-state index in [0.29, 0.717) is 22.8 Å². The van der Waals surface area contributed by atoms with Gasteiger partial charge in [-0.05, 0) is 50.3 Å².